The van der Waals surface area contributed by atoms with Crippen molar-refractivity contribution >= 4 is 22.7 Å². The van der Waals surface area contributed by atoms with Gasteiger partial charge in [-0.3, -0.25) is 14.0 Å². The lowest BCUT2D eigenvalue weighted by Gasteiger charge is -2.34. The van der Waals surface area contributed by atoms with Crippen molar-refractivity contribution in [1.82, 2.24) is 15.5 Å². The van der Waals surface area contributed by atoms with Gasteiger partial charge in [0.2, 0.25) is 5.91 Å². The Labute approximate surface area is 165 Å². The quantitative estimate of drug-likeness (QED) is 0.522. The molecule has 1 heterocycles. The Morgan fingerprint density at radius 1 is 1.26 bits per heavy atom. The Balaban J connectivity index is 1.80. The molecule has 0 aromatic heterocycles. The van der Waals surface area contributed by atoms with Gasteiger partial charge in [0.15, 0.2) is 5.96 Å². The van der Waals surface area contributed by atoms with Crippen LogP contribution in [0, 0.1) is 5.92 Å². The maximum atomic E-state index is 12.3. The minimum Gasteiger partial charge on any atom is -0.359 e. The van der Waals surface area contributed by atoms with E-state index < -0.39 is 10.8 Å². The number of hydrogen-bond donors (Lipinski definition) is 2. The first-order valence-corrected chi connectivity index (χ1v) is 11.2. The summed E-state index contributed by atoms with van der Waals surface area (Å²) in [7, 11) is 0.782. The number of aliphatic imine (C=N–C) groups is 1. The number of nitrogens with zero attached hydrogens (tertiary/aromatic N) is 2. The molecule has 6 nitrogen and oxygen atoms in total. The van der Waals surface area contributed by atoms with E-state index in [1.165, 1.54) is 0 Å². The smallest absolute Gasteiger partial charge is 0.220 e. The maximum Gasteiger partial charge on any atom is 0.220 e. The second-order valence-electron chi connectivity index (χ2n) is 6.82. The number of amides is 1. The molecule has 1 amide bonds. The summed E-state index contributed by atoms with van der Waals surface area (Å²) in [6.45, 7) is 5.23. The van der Waals surface area contributed by atoms with Crippen molar-refractivity contribution in [2.45, 2.75) is 31.9 Å². The highest BCUT2D eigenvalue weighted by molar-refractivity contribution is 7.84. The van der Waals surface area contributed by atoms with E-state index in [4.69, 9.17) is 0 Å². The van der Waals surface area contributed by atoms with Crippen LogP contribution in [0.25, 0.3) is 0 Å². The van der Waals surface area contributed by atoms with Gasteiger partial charge in [-0.2, -0.15) is 0 Å². The van der Waals surface area contributed by atoms with Crippen LogP contribution in [0.1, 0.15) is 31.7 Å². The monoisotopic (exact) mass is 392 g/mol. The molecule has 0 saturated carbocycles. The van der Waals surface area contributed by atoms with Crippen LogP contribution in [0.3, 0.4) is 0 Å². The summed E-state index contributed by atoms with van der Waals surface area (Å²) >= 11 is 0. The summed E-state index contributed by atoms with van der Waals surface area (Å²) in [5.41, 5.74) is 1.10. The van der Waals surface area contributed by atoms with Crippen molar-refractivity contribution in [2.24, 2.45) is 10.9 Å². The molecule has 1 saturated heterocycles. The first-order valence-electron chi connectivity index (χ1n) is 9.75. The molecule has 1 aliphatic heterocycles. The van der Waals surface area contributed by atoms with Crippen LogP contribution in [0.15, 0.2) is 35.3 Å². The number of piperidine rings is 1. The zero-order valence-electron chi connectivity index (χ0n) is 16.4. The number of benzene rings is 1. The Morgan fingerprint density at radius 3 is 2.59 bits per heavy atom. The zero-order valence-corrected chi connectivity index (χ0v) is 17.3. The maximum absolute atomic E-state index is 12.3. The van der Waals surface area contributed by atoms with Crippen molar-refractivity contribution in [3.63, 3.8) is 0 Å². The molecule has 27 heavy (non-hydrogen) atoms. The fraction of sp³-hybridized carbons (Fsp3) is 0.600. The molecule has 1 aromatic rings. The zero-order chi connectivity index (χ0) is 19.5. The Bertz CT molecular complexity index is 628. The van der Waals surface area contributed by atoms with Crippen LogP contribution in [-0.4, -0.2) is 60.0 Å². The minimum absolute atomic E-state index is 0.120. The van der Waals surface area contributed by atoms with Crippen LogP contribution < -0.4 is 10.6 Å². The van der Waals surface area contributed by atoms with Crippen LogP contribution in [0.2, 0.25) is 0 Å². The van der Waals surface area contributed by atoms with Gasteiger partial charge in [0.1, 0.15) is 0 Å². The van der Waals surface area contributed by atoms with Crippen molar-refractivity contribution in [2.75, 3.05) is 39.0 Å². The molecular weight excluding hydrogens is 360 g/mol. The van der Waals surface area contributed by atoms with Crippen molar-refractivity contribution in [3.05, 3.63) is 35.9 Å². The Morgan fingerprint density at radius 2 is 1.96 bits per heavy atom. The third kappa shape index (κ3) is 7.71. The van der Waals surface area contributed by atoms with Crippen molar-refractivity contribution in [3.8, 4) is 0 Å². The summed E-state index contributed by atoms with van der Waals surface area (Å²) in [6.07, 6.45) is 2.60. The lowest BCUT2D eigenvalue weighted by molar-refractivity contribution is -0.121. The van der Waals surface area contributed by atoms with Crippen LogP contribution in [0.5, 0.6) is 0 Å². The van der Waals surface area contributed by atoms with Gasteiger partial charge in [0, 0.05) is 55.4 Å². The number of carbonyl (C=O) groups excluding carboxylic acids is 1. The SMILES string of the molecule is CCNC(=NCCS(=O)Cc1ccccc1)N1CCC(CC(=O)NC)CC1. The molecule has 1 atom stereocenters. The number of carbonyl (C=O) groups is 1. The largest absolute Gasteiger partial charge is 0.359 e. The van der Waals surface area contributed by atoms with Crippen molar-refractivity contribution in [1.29, 1.82) is 0 Å². The number of likely N-dealkylation sites (tertiary alicyclic amines) is 1. The first-order chi connectivity index (χ1) is 13.1. The van der Waals surface area contributed by atoms with Crippen LogP contribution >= 0.6 is 0 Å². The van der Waals surface area contributed by atoms with Gasteiger partial charge in [-0.1, -0.05) is 30.3 Å². The molecule has 0 bridgehead atoms. The van der Waals surface area contributed by atoms with E-state index in [1.54, 1.807) is 7.05 Å². The topological polar surface area (TPSA) is 73.8 Å². The van der Waals surface area contributed by atoms with E-state index in [-0.39, 0.29) is 5.91 Å². The van der Waals surface area contributed by atoms with Crippen LogP contribution in [0.4, 0.5) is 0 Å². The third-order valence-electron chi connectivity index (χ3n) is 4.75. The number of nitrogens with one attached hydrogen (secondary N) is 2. The first kappa shape index (κ1) is 21.4. The molecule has 1 fully saturated rings. The molecule has 1 aliphatic rings. The predicted octanol–water partition coefficient (Wildman–Crippen LogP) is 1.75. The lowest BCUT2D eigenvalue weighted by Crippen LogP contribution is -2.46. The van der Waals surface area contributed by atoms with Crippen LogP contribution in [-0.2, 0) is 21.3 Å². The second-order valence-corrected chi connectivity index (χ2v) is 8.39. The molecule has 7 heteroatoms. The average molecular weight is 393 g/mol. The number of rotatable bonds is 8. The Kier molecular flexibility index (Phi) is 9.31. The summed E-state index contributed by atoms with van der Waals surface area (Å²) < 4.78 is 12.3. The fourth-order valence-electron chi connectivity index (χ4n) is 3.22. The molecule has 1 aromatic carbocycles. The van der Waals surface area contributed by atoms with E-state index in [1.807, 2.05) is 30.3 Å². The van der Waals surface area contributed by atoms with E-state index in [2.05, 4.69) is 27.4 Å². The van der Waals surface area contributed by atoms with E-state index in [9.17, 15) is 9.00 Å². The molecule has 1 unspecified atom stereocenters. The van der Waals surface area contributed by atoms with Gasteiger partial charge in [0.05, 0.1) is 6.54 Å². The number of hydrogen-bond acceptors (Lipinski definition) is 3. The minimum atomic E-state index is -0.908. The van der Waals surface area contributed by atoms with E-state index >= 15 is 0 Å². The highest BCUT2D eigenvalue weighted by Crippen LogP contribution is 2.20. The molecule has 2 N–H and O–H groups in total. The summed E-state index contributed by atoms with van der Waals surface area (Å²) in [5.74, 6) is 2.61. The highest BCUT2D eigenvalue weighted by atomic mass is 32.2. The van der Waals surface area contributed by atoms with E-state index in [0.29, 0.717) is 30.4 Å². The summed E-state index contributed by atoms with van der Waals surface area (Å²) in [4.78, 5) is 18.5. The molecule has 0 spiro atoms. The summed E-state index contributed by atoms with van der Waals surface area (Å²) in [6, 6.07) is 9.93. The van der Waals surface area contributed by atoms with Gasteiger partial charge in [-0.25, -0.2) is 0 Å². The van der Waals surface area contributed by atoms with Gasteiger partial charge in [0.25, 0.3) is 0 Å². The molecule has 2 rings (SSSR count). The Hall–Kier alpha value is -1.89. The van der Waals surface area contributed by atoms with Gasteiger partial charge >= 0.3 is 0 Å². The highest BCUT2D eigenvalue weighted by Gasteiger charge is 2.23. The summed E-state index contributed by atoms with van der Waals surface area (Å²) in [5, 5.41) is 6.05. The van der Waals surface area contributed by atoms with Gasteiger partial charge < -0.3 is 15.5 Å². The number of guanidine groups is 1. The fourth-order valence-corrected chi connectivity index (χ4v) is 4.23. The average Bonchev–Trinajstić information content (AvgIpc) is 2.68. The molecule has 0 radical (unpaired) electrons. The molecule has 150 valence electrons. The second kappa shape index (κ2) is 11.7. The third-order valence-corrected chi connectivity index (χ3v) is 6.05. The van der Waals surface area contributed by atoms with Gasteiger partial charge in [-0.15, -0.1) is 0 Å². The van der Waals surface area contributed by atoms with E-state index in [0.717, 1.165) is 44.0 Å². The normalized spacial score (nSPS) is 16.8. The standard InChI is InChI=1S/C20H32N4O2S/c1-3-22-20(24-12-9-17(10-13-24)15-19(25)21-2)23-11-14-27(26)16-18-7-5-4-6-8-18/h4-8,17H,3,9-16H2,1-2H3,(H,21,25)(H,22,23). The predicted molar refractivity (Wildman–Crippen MR) is 112 cm³/mol. The molecule has 0 aliphatic carbocycles. The van der Waals surface area contributed by atoms with Crippen molar-refractivity contribution < 1.29 is 9.00 Å². The van der Waals surface area contributed by atoms with Gasteiger partial charge in [-0.05, 0) is 31.2 Å². The lowest BCUT2D eigenvalue weighted by atomic mass is 9.93. The molecular formula is C20H32N4O2S.